The van der Waals surface area contributed by atoms with Crippen molar-refractivity contribution in [2.75, 3.05) is 32.0 Å². The van der Waals surface area contributed by atoms with Crippen molar-refractivity contribution in [3.8, 4) is 5.75 Å². The first-order valence-corrected chi connectivity index (χ1v) is 6.13. The number of aliphatic hydroxyl groups excluding tert-OH is 1. The molecule has 1 fully saturated rings. The van der Waals surface area contributed by atoms with Gasteiger partial charge in [-0.2, -0.15) is 0 Å². The molecule has 1 aromatic carbocycles. The van der Waals surface area contributed by atoms with Gasteiger partial charge in [0.15, 0.2) is 0 Å². The first-order chi connectivity index (χ1) is 8.29. The molecular weight excluding hydrogens is 216 g/mol. The van der Waals surface area contributed by atoms with E-state index in [0.717, 1.165) is 30.9 Å². The van der Waals surface area contributed by atoms with Crippen molar-refractivity contribution in [3.05, 3.63) is 24.3 Å². The number of anilines is 1. The minimum Gasteiger partial charge on any atom is -0.492 e. The van der Waals surface area contributed by atoms with Crippen LogP contribution < -0.4 is 10.5 Å². The molecule has 1 aromatic rings. The maximum atomic E-state index is 9.19. The molecule has 4 heteroatoms. The molecule has 1 heterocycles. The summed E-state index contributed by atoms with van der Waals surface area (Å²) in [7, 11) is 0. The molecule has 94 valence electrons. The van der Waals surface area contributed by atoms with Crippen molar-refractivity contribution < 1.29 is 9.84 Å². The zero-order valence-electron chi connectivity index (χ0n) is 10.0. The van der Waals surface area contributed by atoms with E-state index >= 15 is 0 Å². The van der Waals surface area contributed by atoms with Gasteiger partial charge in [0.1, 0.15) is 12.4 Å². The van der Waals surface area contributed by atoms with Gasteiger partial charge in [-0.05, 0) is 43.7 Å². The van der Waals surface area contributed by atoms with Gasteiger partial charge in [0, 0.05) is 18.3 Å². The van der Waals surface area contributed by atoms with Crippen molar-refractivity contribution >= 4 is 5.69 Å². The fourth-order valence-corrected chi connectivity index (χ4v) is 2.24. The summed E-state index contributed by atoms with van der Waals surface area (Å²) in [5, 5.41) is 9.19. The second-order valence-electron chi connectivity index (χ2n) is 4.43. The molecule has 4 nitrogen and oxygen atoms in total. The van der Waals surface area contributed by atoms with Gasteiger partial charge < -0.3 is 15.6 Å². The normalized spacial score (nSPS) is 20.6. The Morgan fingerprint density at radius 1 is 1.35 bits per heavy atom. The standard InChI is InChI=1S/C13H20N2O2/c14-11-3-5-13(6-4-11)17-9-8-15-7-1-2-12(15)10-16/h3-6,12,16H,1-2,7-10,14H2. The van der Waals surface area contributed by atoms with Gasteiger partial charge in [0.05, 0.1) is 6.61 Å². The average molecular weight is 236 g/mol. The molecule has 1 aliphatic rings. The van der Waals surface area contributed by atoms with E-state index in [4.69, 9.17) is 10.5 Å². The van der Waals surface area contributed by atoms with Crippen molar-refractivity contribution in [3.63, 3.8) is 0 Å². The number of nitrogens with zero attached hydrogens (tertiary/aromatic N) is 1. The van der Waals surface area contributed by atoms with Crippen LogP contribution in [-0.4, -0.2) is 42.4 Å². The van der Waals surface area contributed by atoms with E-state index in [0.29, 0.717) is 12.6 Å². The summed E-state index contributed by atoms with van der Waals surface area (Å²) in [6.07, 6.45) is 2.27. The van der Waals surface area contributed by atoms with Gasteiger partial charge in [0.2, 0.25) is 0 Å². The van der Waals surface area contributed by atoms with Crippen LogP contribution in [0.25, 0.3) is 0 Å². The van der Waals surface area contributed by atoms with Gasteiger partial charge in [-0.15, -0.1) is 0 Å². The van der Waals surface area contributed by atoms with Crippen LogP contribution in [0.15, 0.2) is 24.3 Å². The minimum absolute atomic E-state index is 0.252. The Morgan fingerprint density at radius 2 is 2.12 bits per heavy atom. The lowest BCUT2D eigenvalue weighted by molar-refractivity contribution is 0.139. The lowest BCUT2D eigenvalue weighted by Crippen LogP contribution is -2.35. The van der Waals surface area contributed by atoms with Crippen molar-refractivity contribution in [1.29, 1.82) is 0 Å². The zero-order chi connectivity index (χ0) is 12.1. The SMILES string of the molecule is Nc1ccc(OCCN2CCCC2CO)cc1. The van der Waals surface area contributed by atoms with Crippen molar-refractivity contribution in [2.45, 2.75) is 18.9 Å². The number of benzene rings is 1. The van der Waals surface area contributed by atoms with Crippen LogP contribution in [0.5, 0.6) is 5.75 Å². The third-order valence-electron chi connectivity index (χ3n) is 3.24. The van der Waals surface area contributed by atoms with Gasteiger partial charge in [-0.25, -0.2) is 0 Å². The number of hydrogen-bond acceptors (Lipinski definition) is 4. The number of aliphatic hydroxyl groups is 1. The van der Waals surface area contributed by atoms with Gasteiger partial charge in [-0.1, -0.05) is 0 Å². The molecule has 0 aromatic heterocycles. The topological polar surface area (TPSA) is 58.7 Å². The Hall–Kier alpha value is -1.26. The quantitative estimate of drug-likeness (QED) is 0.752. The highest BCUT2D eigenvalue weighted by molar-refractivity contribution is 5.41. The van der Waals surface area contributed by atoms with E-state index in [1.165, 1.54) is 6.42 Å². The maximum absolute atomic E-state index is 9.19. The predicted octanol–water partition coefficient (Wildman–Crippen LogP) is 1.10. The first kappa shape index (κ1) is 12.2. The number of nitrogen functional groups attached to an aromatic ring is 1. The molecule has 3 N–H and O–H groups in total. The highest BCUT2D eigenvalue weighted by Crippen LogP contribution is 2.17. The highest BCUT2D eigenvalue weighted by atomic mass is 16.5. The predicted molar refractivity (Wildman–Crippen MR) is 68.0 cm³/mol. The van der Waals surface area contributed by atoms with Gasteiger partial charge in [0.25, 0.3) is 0 Å². The van der Waals surface area contributed by atoms with E-state index in [9.17, 15) is 5.11 Å². The average Bonchev–Trinajstić information content (AvgIpc) is 2.79. The molecule has 1 unspecified atom stereocenters. The molecule has 0 radical (unpaired) electrons. The monoisotopic (exact) mass is 236 g/mol. The molecule has 0 aliphatic carbocycles. The van der Waals surface area contributed by atoms with Crippen LogP contribution >= 0.6 is 0 Å². The van der Waals surface area contributed by atoms with E-state index < -0.39 is 0 Å². The largest absolute Gasteiger partial charge is 0.492 e. The molecule has 0 bridgehead atoms. The summed E-state index contributed by atoms with van der Waals surface area (Å²) in [5.74, 6) is 0.846. The first-order valence-electron chi connectivity index (χ1n) is 6.13. The number of rotatable bonds is 5. The van der Waals surface area contributed by atoms with Crippen LogP contribution in [0.2, 0.25) is 0 Å². The Bertz CT molecular complexity index is 340. The fourth-order valence-electron chi connectivity index (χ4n) is 2.24. The molecule has 2 rings (SSSR count). The summed E-state index contributed by atoms with van der Waals surface area (Å²) in [4.78, 5) is 2.29. The summed E-state index contributed by atoms with van der Waals surface area (Å²) < 4.78 is 5.64. The fraction of sp³-hybridized carbons (Fsp3) is 0.538. The van der Waals surface area contributed by atoms with E-state index in [1.807, 2.05) is 24.3 Å². The zero-order valence-corrected chi connectivity index (χ0v) is 10.0. The van der Waals surface area contributed by atoms with Crippen LogP contribution in [-0.2, 0) is 0 Å². The second kappa shape index (κ2) is 5.89. The Balaban J connectivity index is 1.74. The van der Waals surface area contributed by atoms with E-state index in [-0.39, 0.29) is 6.61 Å². The third-order valence-corrected chi connectivity index (χ3v) is 3.24. The number of ether oxygens (including phenoxy) is 1. The molecule has 0 amide bonds. The van der Waals surface area contributed by atoms with E-state index in [2.05, 4.69) is 4.90 Å². The Labute approximate surface area is 102 Å². The van der Waals surface area contributed by atoms with Crippen LogP contribution in [0.4, 0.5) is 5.69 Å². The van der Waals surface area contributed by atoms with Crippen LogP contribution in [0.3, 0.4) is 0 Å². The third kappa shape index (κ3) is 3.35. The molecule has 1 atom stereocenters. The van der Waals surface area contributed by atoms with Gasteiger partial charge >= 0.3 is 0 Å². The molecule has 0 saturated carbocycles. The lowest BCUT2D eigenvalue weighted by Gasteiger charge is -2.22. The minimum atomic E-state index is 0.252. The second-order valence-corrected chi connectivity index (χ2v) is 4.43. The van der Waals surface area contributed by atoms with Crippen molar-refractivity contribution in [1.82, 2.24) is 4.90 Å². The maximum Gasteiger partial charge on any atom is 0.119 e. The summed E-state index contributed by atoms with van der Waals surface area (Å²) in [6, 6.07) is 7.75. The molecule has 1 saturated heterocycles. The molecule has 1 aliphatic heterocycles. The number of likely N-dealkylation sites (tertiary alicyclic amines) is 1. The highest BCUT2D eigenvalue weighted by Gasteiger charge is 2.22. The smallest absolute Gasteiger partial charge is 0.119 e. The number of nitrogens with two attached hydrogens (primary N) is 1. The summed E-state index contributed by atoms with van der Waals surface area (Å²) in [5.41, 5.74) is 6.35. The number of hydrogen-bond donors (Lipinski definition) is 2. The van der Waals surface area contributed by atoms with Crippen LogP contribution in [0, 0.1) is 0 Å². The Morgan fingerprint density at radius 3 is 2.82 bits per heavy atom. The van der Waals surface area contributed by atoms with Crippen molar-refractivity contribution in [2.24, 2.45) is 0 Å². The summed E-state index contributed by atoms with van der Waals surface area (Å²) in [6.45, 7) is 2.84. The molecule has 0 spiro atoms. The Kier molecular flexibility index (Phi) is 4.23. The van der Waals surface area contributed by atoms with E-state index in [1.54, 1.807) is 0 Å². The van der Waals surface area contributed by atoms with Crippen LogP contribution in [0.1, 0.15) is 12.8 Å². The lowest BCUT2D eigenvalue weighted by atomic mass is 10.2. The molecule has 17 heavy (non-hydrogen) atoms. The molecular formula is C13H20N2O2. The van der Waals surface area contributed by atoms with Gasteiger partial charge in [-0.3, -0.25) is 4.90 Å². The summed E-state index contributed by atoms with van der Waals surface area (Å²) >= 11 is 0.